The van der Waals surface area contributed by atoms with Crippen molar-refractivity contribution >= 4 is 27.5 Å². The molecule has 184 valence electrons. The van der Waals surface area contributed by atoms with E-state index in [0.29, 0.717) is 6.54 Å². The van der Waals surface area contributed by atoms with Crippen molar-refractivity contribution in [3.05, 3.63) is 146 Å². The first-order valence-electron chi connectivity index (χ1n) is 12.2. The topological polar surface area (TPSA) is 75.5 Å². The van der Waals surface area contributed by atoms with Crippen molar-refractivity contribution in [2.24, 2.45) is 0 Å². The second kappa shape index (κ2) is 9.25. The maximum atomic E-state index is 14.6. The highest BCUT2D eigenvalue weighted by Crippen LogP contribution is 2.57. The van der Waals surface area contributed by atoms with Gasteiger partial charge in [0.1, 0.15) is 11.6 Å². The Labute approximate surface area is 223 Å². The number of nitrogens with one attached hydrogen (secondary N) is 1. The minimum Gasteiger partial charge on any atom is -0.306 e. The molecule has 0 radical (unpaired) electrons. The van der Waals surface area contributed by atoms with E-state index < -0.39 is 23.5 Å². The second-order valence-corrected chi connectivity index (χ2v) is 10.5. The first kappa shape index (κ1) is 23.6. The predicted molar refractivity (Wildman–Crippen MR) is 146 cm³/mol. The van der Waals surface area contributed by atoms with Crippen LogP contribution in [0.3, 0.4) is 0 Å². The van der Waals surface area contributed by atoms with Gasteiger partial charge in [-0.3, -0.25) is 20.2 Å². The Kier molecular flexibility index (Phi) is 5.89. The summed E-state index contributed by atoms with van der Waals surface area (Å²) in [6, 6.07) is 32.7. The molecule has 0 aromatic heterocycles. The molecule has 0 bridgehead atoms. The summed E-state index contributed by atoms with van der Waals surface area (Å²) >= 11 is 3.48. The number of fused-ring (bicyclic) bond motifs is 2. The second-order valence-electron chi connectivity index (χ2n) is 9.54. The number of carbonyl (C=O) groups is 1. The summed E-state index contributed by atoms with van der Waals surface area (Å²) in [7, 11) is 0. The fraction of sp³-hybridized carbons (Fsp3) is 0.167. The van der Waals surface area contributed by atoms with Gasteiger partial charge in [-0.05, 0) is 34.9 Å². The Morgan fingerprint density at radius 3 is 2.14 bits per heavy atom. The van der Waals surface area contributed by atoms with Crippen LogP contribution >= 0.6 is 15.9 Å². The Morgan fingerprint density at radius 1 is 0.838 bits per heavy atom. The summed E-state index contributed by atoms with van der Waals surface area (Å²) in [5, 5.41) is 16.4. The molecule has 4 atom stereocenters. The molecule has 2 aliphatic heterocycles. The Morgan fingerprint density at radius 2 is 1.46 bits per heavy atom. The van der Waals surface area contributed by atoms with Crippen molar-refractivity contribution in [2.45, 2.75) is 30.1 Å². The molecule has 1 spiro atoms. The third-order valence-electron chi connectivity index (χ3n) is 7.55. The molecule has 1 amide bonds. The van der Waals surface area contributed by atoms with E-state index >= 15 is 0 Å². The number of carbonyl (C=O) groups excluding carboxylic acids is 1. The molecule has 2 heterocycles. The van der Waals surface area contributed by atoms with Crippen LogP contribution < -0.4 is 10.2 Å². The molecule has 1 saturated heterocycles. The Balaban J connectivity index is 1.57. The van der Waals surface area contributed by atoms with Crippen molar-refractivity contribution in [3.63, 3.8) is 0 Å². The molecule has 6 nitrogen and oxygen atoms in total. The quantitative estimate of drug-likeness (QED) is 0.244. The molecule has 2 aliphatic rings. The van der Waals surface area contributed by atoms with Gasteiger partial charge in [-0.15, -0.1) is 0 Å². The summed E-state index contributed by atoms with van der Waals surface area (Å²) in [4.78, 5) is 29.0. The van der Waals surface area contributed by atoms with E-state index in [9.17, 15) is 14.9 Å². The number of hydrogen-bond donors (Lipinski definition) is 1. The van der Waals surface area contributed by atoms with Crippen LogP contribution in [0, 0.1) is 10.1 Å². The van der Waals surface area contributed by atoms with Crippen LogP contribution in [0.1, 0.15) is 34.2 Å². The van der Waals surface area contributed by atoms with E-state index in [1.807, 2.05) is 109 Å². The molecule has 0 unspecified atom stereocenters. The van der Waals surface area contributed by atoms with Crippen LogP contribution in [-0.2, 0) is 16.9 Å². The van der Waals surface area contributed by atoms with E-state index in [0.717, 1.165) is 32.4 Å². The summed E-state index contributed by atoms with van der Waals surface area (Å²) in [6.45, 7) is 0.381. The number of nitrogens with zero attached hydrogens (tertiary/aromatic N) is 2. The number of rotatable bonds is 5. The molecule has 7 heteroatoms. The van der Waals surface area contributed by atoms with Crippen molar-refractivity contribution in [1.82, 2.24) is 5.32 Å². The zero-order valence-corrected chi connectivity index (χ0v) is 21.4. The van der Waals surface area contributed by atoms with Gasteiger partial charge in [0.05, 0.1) is 12.5 Å². The molecular weight excluding hydrogens is 530 g/mol. The van der Waals surface area contributed by atoms with E-state index in [4.69, 9.17) is 0 Å². The third kappa shape index (κ3) is 3.77. The lowest BCUT2D eigenvalue weighted by atomic mass is 9.74. The van der Waals surface area contributed by atoms with Crippen molar-refractivity contribution in [1.29, 1.82) is 0 Å². The van der Waals surface area contributed by atoms with Gasteiger partial charge in [0.15, 0.2) is 0 Å². The normalized spacial score (nSPS) is 24.4. The third-order valence-corrected chi connectivity index (χ3v) is 8.08. The minimum atomic E-state index is -1.29. The number of nitro groups is 1. The molecule has 4 aromatic rings. The molecule has 1 fully saturated rings. The van der Waals surface area contributed by atoms with Gasteiger partial charge in [-0.2, -0.15) is 0 Å². The van der Waals surface area contributed by atoms with Gasteiger partial charge in [-0.1, -0.05) is 107 Å². The highest BCUT2D eigenvalue weighted by molar-refractivity contribution is 9.10. The molecule has 1 N–H and O–H groups in total. The zero-order chi connectivity index (χ0) is 25.6. The minimum absolute atomic E-state index is 0.171. The first-order chi connectivity index (χ1) is 18.0. The van der Waals surface area contributed by atoms with Gasteiger partial charge in [-0.25, -0.2) is 0 Å². The molecular formula is C30H24BrN3O3. The highest BCUT2D eigenvalue weighted by atomic mass is 79.9. The standard InChI is InChI=1S/C30H24BrN3O3/c31-23-17-15-21(16-18-23)26-28(34(36)37)27(22-11-5-2-6-12-22)32-30(26)24-13-7-8-14-25(24)33(29(30)35)19-20-9-3-1-4-10-20/h1-18,26-28,32H,19H2/t26-,27-,28-,30+/m0/s1. The summed E-state index contributed by atoms with van der Waals surface area (Å²) in [5.74, 6) is -0.897. The van der Waals surface area contributed by atoms with Crippen molar-refractivity contribution < 1.29 is 9.72 Å². The highest BCUT2D eigenvalue weighted by Gasteiger charge is 2.68. The number of benzene rings is 4. The summed E-state index contributed by atoms with van der Waals surface area (Å²) in [6.07, 6.45) is 0. The Bertz CT molecular complexity index is 1460. The van der Waals surface area contributed by atoms with Gasteiger partial charge in [0.2, 0.25) is 6.04 Å². The zero-order valence-electron chi connectivity index (χ0n) is 19.8. The molecule has 37 heavy (non-hydrogen) atoms. The fourth-order valence-electron chi connectivity index (χ4n) is 6.01. The summed E-state index contributed by atoms with van der Waals surface area (Å²) < 4.78 is 0.873. The molecule has 6 rings (SSSR count). The van der Waals surface area contributed by atoms with Crippen LogP contribution in [0.5, 0.6) is 0 Å². The predicted octanol–water partition coefficient (Wildman–Crippen LogP) is 5.96. The summed E-state index contributed by atoms with van der Waals surface area (Å²) in [5.41, 5.74) is 2.79. The van der Waals surface area contributed by atoms with E-state index in [1.165, 1.54) is 0 Å². The van der Waals surface area contributed by atoms with Crippen molar-refractivity contribution in [2.75, 3.05) is 4.90 Å². The van der Waals surface area contributed by atoms with Gasteiger partial charge in [0, 0.05) is 20.6 Å². The van der Waals surface area contributed by atoms with Crippen LogP contribution in [-0.4, -0.2) is 16.9 Å². The van der Waals surface area contributed by atoms with Crippen LogP contribution in [0.4, 0.5) is 5.69 Å². The lowest BCUT2D eigenvalue weighted by Gasteiger charge is -2.31. The number of para-hydroxylation sites is 1. The molecule has 0 aliphatic carbocycles. The number of hydrogen-bond acceptors (Lipinski definition) is 4. The first-order valence-corrected chi connectivity index (χ1v) is 13.0. The number of anilines is 1. The number of halogens is 1. The largest absolute Gasteiger partial charge is 0.306 e. The van der Waals surface area contributed by atoms with Crippen LogP contribution in [0.15, 0.2) is 114 Å². The van der Waals surface area contributed by atoms with E-state index in [-0.39, 0.29) is 10.8 Å². The van der Waals surface area contributed by atoms with Gasteiger partial charge < -0.3 is 4.90 Å². The molecule has 4 aromatic carbocycles. The van der Waals surface area contributed by atoms with Gasteiger partial charge >= 0.3 is 0 Å². The number of amides is 1. The lowest BCUT2D eigenvalue weighted by molar-refractivity contribution is -0.527. The van der Waals surface area contributed by atoms with E-state index in [2.05, 4.69) is 21.2 Å². The lowest BCUT2D eigenvalue weighted by Crippen LogP contribution is -2.50. The van der Waals surface area contributed by atoms with Gasteiger partial charge in [0.25, 0.3) is 5.91 Å². The van der Waals surface area contributed by atoms with E-state index in [1.54, 1.807) is 4.90 Å². The maximum Gasteiger partial charge on any atom is 0.253 e. The van der Waals surface area contributed by atoms with Crippen LogP contribution in [0.25, 0.3) is 0 Å². The monoisotopic (exact) mass is 553 g/mol. The maximum absolute atomic E-state index is 14.6. The SMILES string of the molecule is O=C1N(Cc2ccccc2)c2ccccc2[C@]12N[C@@H](c1ccccc1)[C@@H]([N+](=O)[O-])[C@@H]2c1ccc(Br)cc1. The smallest absolute Gasteiger partial charge is 0.253 e. The van der Waals surface area contributed by atoms with Crippen molar-refractivity contribution in [3.8, 4) is 0 Å². The average Bonchev–Trinajstić information content (AvgIpc) is 3.40. The fourth-order valence-corrected chi connectivity index (χ4v) is 6.28. The average molecular weight is 554 g/mol. The van der Waals surface area contributed by atoms with Crippen LogP contribution in [0.2, 0.25) is 0 Å². The Hall–Kier alpha value is -3.81. The molecule has 0 saturated carbocycles.